The first-order chi connectivity index (χ1) is 8.00. The van der Waals surface area contributed by atoms with Crippen molar-refractivity contribution >= 4 is 11.3 Å². The number of rotatable bonds is 7. The van der Waals surface area contributed by atoms with E-state index in [1.165, 1.54) is 17.0 Å². The van der Waals surface area contributed by atoms with Gasteiger partial charge in [0.2, 0.25) is 0 Å². The molecule has 0 radical (unpaired) electrons. The molecule has 0 spiro atoms. The van der Waals surface area contributed by atoms with E-state index >= 15 is 0 Å². The zero-order valence-corrected chi connectivity index (χ0v) is 12.5. The van der Waals surface area contributed by atoms with Gasteiger partial charge in [-0.15, -0.1) is 11.3 Å². The van der Waals surface area contributed by atoms with E-state index in [1.54, 1.807) is 11.3 Å². The van der Waals surface area contributed by atoms with E-state index in [0.29, 0.717) is 5.41 Å². The van der Waals surface area contributed by atoms with Crippen molar-refractivity contribution in [3.05, 3.63) is 16.1 Å². The van der Waals surface area contributed by atoms with Crippen LogP contribution in [0, 0.1) is 12.3 Å². The zero-order valence-electron chi connectivity index (χ0n) is 11.7. The molecule has 1 heterocycles. The van der Waals surface area contributed by atoms with Gasteiger partial charge in [0.1, 0.15) is 0 Å². The zero-order chi connectivity index (χ0) is 12.9. The molecule has 0 aliphatic heterocycles. The Hall–Kier alpha value is -0.450. The van der Waals surface area contributed by atoms with Crippen LogP contribution in [-0.2, 0) is 6.54 Å². The predicted octanol–water partition coefficient (Wildman–Crippen LogP) is 2.52. The van der Waals surface area contributed by atoms with Gasteiger partial charge in [0, 0.05) is 24.5 Å². The summed E-state index contributed by atoms with van der Waals surface area (Å²) in [5, 5.41) is 3.30. The number of aromatic nitrogens is 1. The summed E-state index contributed by atoms with van der Waals surface area (Å²) in [5.74, 6) is 0. The lowest BCUT2D eigenvalue weighted by atomic mass is 9.87. The molecule has 0 bridgehead atoms. The molecule has 0 saturated heterocycles. The fourth-order valence-electron chi connectivity index (χ4n) is 2.15. The van der Waals surface area contributed by atoms with Crippen LogP contribution in [0.5, 0.6) is 0 Å². The predicted molar refractivity (Wildman–Crippen MR) is 75.5 cm³/mol. The van der Waals surface area contributed by atoms with E-state index in [2.05, 4.69) is 43.0 Å². The first-order valence-corrected chi connectivity index (χ1v) is 7.11. The van der Waals surface area contributed by atoms with Crippen LogP contribution in [0.1, 0.15) is 30.8 Å². The van der Waals surface area contributed by atoms with Crippen molar-refractivity contribution in [2.75, 3.05) is 27.2 Å². The minimum Gasteiger partial charge on any atom is -0.319 e. The summed E-state index contributed by atoms with van der Waals surface area (Å²) in [5.41, 5.74) is 3.46. The molecule has 0 aliphatic carbocycles. The molecule has 1 aromatic heterocycles. The van der Waals surface area contributed by atoms with Crippen LogP contribution < -0.4 is 5.32 Å². The summed E-state index contributed by atoms with van der Waals surface area (Å²) in [6, 6.07) is 0. The lowest BCUT2D eigenvalue weighted by molar-refractivity contribution is 0.179. The second-order valence-electron chi connectivity index (χ2n) is 5.23. The van der Waals surface area contributed by atoms with Crippen molar-refractivity contribution in [2.45, 2.75) is 33.7 Å². The third kappa shape index (κ3) is 4.37. The maximum absolute atomic E-state index is 4.30. The Morgan fingerprint density at radius 2 is 2.24 bits per heavy atom. The highest BCUT2D eigenvalue weighted by molar-refractivity contribution is 7.09. The van der Waals surface area contributed by atoms with Crippen LogP contribution >= 0.6 is 11.3 Å². The average molecular weight is 255 g/mol. The molecule has 1 rings (SSSR count). The Balaban J connectivity index is 2.53. The number of aryl methyl sites for hydroxylation is 1. The third-order valence-electron chi connectivity index (χ3n) is 3.37. The van der Waals surface area contributed by atoms with E-state index < -0.39 is 0 Å². The second kappa shape index (κ2) is 6.47. The maximum atomic E-state index is 4.30. The normalized spacial score (nSPS) is 15.2. The van der Waals surface area contributed by atoms with Gasteiger partial charge in [0.25, 0.3) is 0 Å². The summed E-state index contributed by atoms with van der Waals surface area (Å²) in [4.78, 5) is 8.09. The van der Waals surface area contributed by atoms with Crippen molar-refractivity contribution in [1.82, 2.24) is 15.2 Å². The van der Waals surface area contributed by atoms with E-state index in [0.717, 1.165) is 19.6 Å². The molecule has 98 valence electrons. The molecule has 1 unspecified atom stereocenters. The molecule has 4 heteroatoms. The molecule has 0 aliphatic rings. The molecule has 1 atom stereocenters. The molecule has 0 saturated carbocycles. The van der Waals surface area contributed by atoms with Crippen molar-refractivity contribution in [2.24, 2.45) is 5.41 Å². The summed E-state index contributed by atoms with van der Waals surface area (Å²) in [6.07, 6.45) is 1.19. The topological polar surface area (TPSA) is 28.2 Å². The van der Waals surface area contributed by atoms with E-state index in [4.69, 9.17) is 0 Å². The smallest absolute Gasteiger partial charge is 0.0798 e. The van der Waals surface area contributed by atoms with Crippen LogP contribution in [0.3, 0.4) is 0 Å². The number of nitrogens with one attached hydrogen (secondary N) is 1. The lowest BCUT2D eigenvalue weighted by Crippen LogP contribution is -2.39. The fourth-order valence-corrected chi connectivity index (χ4v) is 3.01. The van der Waals surface area contributed by atoms with Gasteiger partial charge in [-0.05, 0) is 32.9 Å². The van der Waals surface area contributed by atoms with Gasteiger partial charge < -0.3 is 10.2 Å². The highest BCUT2D eigenvalue weighted by Crippen LogP contribution is 2.23. The van der Waals surface area contributed by atoms with Gasteiger partial charge in [0.05, 0.1) is 11.2 Å². The minimum atomic E-state index is 0.349. The number of hydrogen-bond acceptors (Lipinski definition) is 4. The number of hydrogen-bond donors (Lipinski definition) is 1. The summed E-state index contributed by atoms with van der Waals surface area (Å²) >= 11 is 1.76. The Morgan fingerprint density at radius 1 is 1.53 bits per heavy atom. The highest BCUT2D eigenvalue weighted by atomic mass is 32.1. The first-order valence-electron chi connectivity index (χ1n) is 6.23. The van der Waals surface area contributed by atoms with Crippen LogP contribution in [0.15, 0.2) is 5.51 Å². The van der Waals surface area contributed by atoms with Gasteiger partial charge in [-0.1, -0.05) is 13.8 Å². The van der Waals surface area contributed by atoms with Crippen LogP contribution in [0.25, 0.3) is 0 Å². The highest BCUT2D eigenvalue weighted by Gasteiger charge is 2.23. The Morgan fingerprint density at radius 3 is 2.71 bits per heavy atom. The largest absolute Gasteiger partial charge is 0.319 e. The SMILES string of the molecule is CCC(C)(CNC)CN(C)Cc1scnc1C. The standard InChI is InChI=1S/C13H25N3S/c1-6-13(3,8-14-4)9-16(5)7-12-11(2)15-10-17-12/h10,14H,6-9H2,1-5H3. The van der Waals surface area contributed by atoms with Crippen molar-refractivity contribution in [1.29, 1.82) is 0 Å². The summed E-state index contributed by atoms with van der Waals surface area (Å²) in [6.45, 7) is 9.89. The van der Waals surface area contributed by atoms with E-state index in [1.807, 2.05) is 12.6 Å². The molecule has 0 aromatic carbocycles. The van der Waals surface area contributed by atoms with Gasteiger partial charge in [-0.25, -0.2) is 4.98 Å². The summed E-state index contributed by atoms with van der Waals surface area (Å²) in [7, 11) is 4.23. The molecule has 17 heavy (non-hydrogen) atoms. The van der Waals surface area contributed by atoms with Gasteiger partial charge >= 0.3 is 0 Å². The molecule has 0 amide bonds. The molecular formula is C13H25N3S. The number of nitrogens with zero attached hydrogens (tertiary/aromatic N) is 2. The Bertz CT molecular complexity index is 337. The minimum absolute atomic E-state index is 0.349. The van der Waals surface area contributed by atoms with Crippen LogP contribution in [0.2, 0.25) is 0 Å². The third-order valence-corrected chi connectivity index (χ3v) is 4.29. The Kier molecular flexibility index (Phi) is 5.56. The van der Waals surface area contributed by atoms with Gasteiger partial charge in [0.15, 0.2) is 0 Å². The second-order valence-corrected chi connectivity index (χ2v) is 6.17. The van der Waals surface area contributed by atoms with Crippen LogP contribution in [-0.4, -0.2) is 37.1 Å². The molecular weight excluding hydrogens is 230 g/mol. The number of thiazole rings is 1. The molecule has 3 nitrogen and oxygen atoms in total. The molecule has 1 N–H and O–H groups in total. The van der Waals surface area contributed by atoms with Gasteiger partial charge in [-0.2, -0.15) is 0 Å². The van der Waals surface area contributed by atoms with E-state index in [9.17, 15) is 0 Å². The van der Waals surface area contributed by atoms with E-state index in [-0.39, 0.29) is 0 Å². The lowest BCUT2D eigenvalue weighted by Gasteiger charge is -2.32. The monoisotopic (exact) mass is 255 g/mol. The Labute approximate surface area is 109 Å². The molecule has 0 fully saturated rings. The summed E-state index contributed by atoms with van der Waals surface area (Å²) < 4.78 is 0. The molecule has 1 aromatic rings. The quantitative estimate of drug-likeness (QED) is 0.811. The van der Waals surface area contributed by atoms with Gasteiger partial charge in [-0.3, -0.25) is 0 Å². The average Bonchev–Trinajstić information content (AvgIpc) is 2.64. The first kappa shape index (κ1) is 14.6. The van der Waals surface area contributed by atoms with Crippen molar-refractivity contribution in [3.63, 3.8) is 0 Å². The van der Waals surface area contributed by atoms with Crippen molar-refractivity contribution in [3.8, 4) is 0 Å². The van der Waals surface area contributed by atoms with Crippen molar-refractivity contribution < 1.29 is 0 Å². The maximum Gasteiger partial charge on any atom is 0.0798 e. The van der Waals surface area contributed by atoms with Crippen LogP contribution in [0.4, 0.5) is 0 Å². The fraction of sp³-hybridized carbons (Fsp3) is 0.769.